The number of hydrogen-bond donors (Lipinski definition) is 1. The van der Waals surface area contributed by atoms with Gasteiger partial charge in [0.1, 0.15) is 0 Å². The van der Waals surface area contributed by atoms with E-state index in [2.05, 4.69) is 10.2 Å². The lowest BCUT2D eigenvalue weighted by atomic mass is 10.2. The van der Waals surface area contributed by atoms with E-state index in [1.165, 1.54) is 11.8 Å². The summed E-state index contributed by atoms with van der Waals surface area (Å²) in [5.41, 5.74) is 8.13. The Labute approximate surface area is 161 Å². The number of hydrogen-bond acceptors (Lipinski definition) is 7. The van der Waals surface area contributed by atoms with E-state index in [9.17, 15) is 4.79 Å². The second kappa shape index (κ2) is 9.05. The molecule has 1 aromatic heterocycles. The summed E-state index contributed by atoms with van der Waals surface area (Å²) in [5, 5.41) is 8.31. The lowest BCUT2D eigenvalue weighted by Gasteiger charge is -2.08. The van der Waals surface area contributed by atoms with Crippen LogP contribution in [-0.2, 0) is 15.3 Å². The van der Waals surface area contributed by atoms with E-state index < -0.39 is 5.97 Å². The molecule has 0 saturated heterocycles. The maximum absolute atomic E-state index is 12.4. The molecule has 0 aliphatic heterocycles. The number of thioether (sulfide) groups is 1. The molecule has 3 rings (SSSR count). The maximum atomic E-state index is 12.4. The van der Waals surface area contributed by atoms with Crippen molar-refractivity contribution in [2.75, 3.05) is 6.61 Å². The van der Waals surface area contributed by atoms with E-state index in [1.807, 2.05) is 60.7 Å². The van der Waals surface area contributed by atoms with Gasteiger partial charge in [0.05, 0.1) is 11.6 Å². The van der Waals surface area contributed by atoms with Gasteiger partial charge in [0, 0.05) is 11.3 Å². The van der Waals surface area contributed by atoms with Gasteiger partial charge in [-0.1, -0.05) is 48.5 Å². The predicted molar refractivity (Wildman–Crippen MR) is 105 cm³/mol. The van der Waals surface area contributed by atoms with Gasteiger partial charge in [0.25, 0.3) is 5.89 Å². The van der Waals surface area contributed by atoms with Crippen molar-refractivity contribution in [2.45, 2.75) is 12.7 Å². The van der Waals surface area contributed by atoms with Gasteiger partial charge in [-0.25, -0.2) is 4.79 Å². The highest BCUT2D eigenvalue weighted by atomic mass is 32.2. The Morgan fingerprint density at radius 2 is 1.74 bits per heavy atom. The molecule has 6 nitrogen and oxygen atoms in total. The molecule has 138 valence electrons. The minimum atomic E-state index is -0.584. The molecule has 0 bridgehead atoms. The lowest BCUT2D eigenvalue weighted by molar-refractivity contribution is -0.136. The van der Waals surface area contributed by atoms with E-state index in [0.717, 1.165) is 11.1 Å². The van der Waals surface area contributed by atoms with Gasteiger partial charge in [-0.3, -0.25) is 0 Å². The van der Waals surface area contributed by atoms with Crippen molar-refractivity contribution >= 4 is 23.3 Å². The fourth-order valence-corrected chi connectivity index (χ4v) is 3.16. The quantitative estimate of drug-likeness (QED) is 0.491. The number of rotatable bonds is 7. The monoisotopic (exact) mass is 381 g/mol. The number of carbonyl (C=O) groups is 1. The summed E-state index contributed by atoms with van der Waals surface area (Å²) in [6.07, 6.45) is 0. The molecule has 0 aliphatic carbocycles. The molecule has 2 N–H and O–H groups in total. The molecule has 0 saturated carbocycles. The minimum absolute atomic E-state index is 0.0466. The molecule has 3 aromatic rings. The van der Waals surface area contributed by atoms with Gasteiger partial charge in [0.2, 0.25) is 5.89 Å². The number of nitrogens with zero attached hydrogens (tertiary/aromatic N) is 2. The van der Waals surface area contributed by atoms with Crippen LogP contribution in [0.1, 0.15) is 18.4 Å². The number of benzene rings is 2. The van der Waals surface area contributed by atoms with Crippen LogP contribution in [0, 0.1) is 0 Å². The standard InChI is InChI=1S/C20H19N3O3S/c1-2-25-20(24)16(17(21)27-13-14-9-5-3-6-10-14)19-23-22-18(26-19)15-11-7-4-8-12-15/h3-12H,2,13,21H2,1H3. The van der Waals surface area contributed by atoms with Crippen LogP contribution in [0.15, 0.2) is 70.1 Å². The maximum Gasteiger partial charge on any atom is 0.346 e. The van der Waals surface area contributed by atoms with Gasteiger partial charge >= 0.3 is 5.97 Å². The Morgan fingerprint density at radius 1 is 1.07 bits per heavy atom. The van der Waals surface area contributed by atoms with Gasteiger partial charge in [0.15, 0.2) is 5.57 Å². The van der Waals surface area contributed by atoms with E-state index >= 15 is 0 Å². The second-order valence-electron chi connectivity index (χ2n) is 5.51. The van der Waals surface area contributed by atoms with E-state index in [0.29, 0.717) is 11.6 Å². The first-order valence-electron chi connectivity index (χ1n) is 8.42. The van der Waals surface area contributed by atoms with Gasteiger partial charge in [-0.05, 0) is 24.6 Å². The molecule has 0 spiro atoms. The molecule has 0 unspecified atom stereocenters. The van der Waals surface area contributed by atoms with Crippen LogP contribution in [0.2, 0.25) is 0 Å². The average Bonchev–Trinajstić information content (AvgIpc) is 3.18. The van der Waals surface area contributed by atoms with Crippen LogP contribution in [0.5, 0.6) is 0 Å². The Kier molecular flexibility index (Phi) is 6.27. The molecule has 7 heteroatoms. The first kappa shape index (κ1) is 18.7. The Bertz CT molecular complexity index is 924. The van der Waals surface area contributed by atoms with Crippen molar-refractivity contribution < 1.29 is 13.9 Å². The number of ether oxygens (including phenoxy) is 1. The number of esters is 1. The third-order valence-corrected chi connectivity index (χ3v) is 4.62. The van der Waals surface area contributed by atoms with E-state index in [-0.39, 0.29) is 23.1 Å². The zero-order valence-corrected chi connectivity index (χ0v) is 15.6. The highest BCUT2D eigenvalue weighted by Gasteiger charge is 2.24. The first-order chi connectivity index (χ1) is 13.2. The van der Waals surface area contributed by atoms with Crippen molar-refractivity contribution in [2.24, 2.45) is 5.73 Å². The topological polar surface area (TPSA) is 91.2 Å². The van der Waals surface area contributed by atoms with Gasteiger partial charge in [-0.2, -0.15) is 0 Å². The normalized spacial score (nSPS) is 11.7. The molecule has 0 atom stereocenters. The summed E-state index contributed by atoms with van der Waals surface area (Å²) in [6.45, 7) is 1.95. The summed E-state index contributed by atoms with van der Waals surface area (Å²) < 4.78 is 10.8. The molecule has 0 radical (unpaired) electrons. The zero-order chi connectivity index (χ0) is 19.1. The number of nitrogens with two attached hydrogens (primary N) is 1. The average molecular weight is 381 g/mol. The van der Waals surface area contributed by atoms with Crippen molar-refractivity contribution in [1.29, 1.82) is 0 Å². The Hall–Kier alpha value is -3.06. The van der Waals surface area contributed by atoms with Crippen molar-refractivity contribution in [3.8, 4) is 11.5 Å². The minimum Gasteiger partial charge on any atom is -0.462 e. The van der Waals surface area contributed by atoms with Crippen LogP contribution in [0.3, 0.4) is 0 Å². The predicted octanol–water partition coefficient (Wildman–Crippen LogP) is 3.86. The van der Waals surface area contributed by atoms with Crippen LogP contribution >= 0.6 is 11.8 Å². The molecule has 0 fully saturated rings. The first-order valence-corrected chi connectivity index (χ1v) is 9.40. The summed E-state index contributed by atoms with van der Waals surface area (Å²) in [7, 11) is 0. The molecular formula is C20H19N3O3S. The van der Waals surface area contributed by atoms with Crippen LogP contribution in [0.25, 0.3) is 17.0 Å². The Balaban J connectivity index is 1.89. The molecule has 1 heterocycles. The summed E-state index contributed by atoms with van der Waals surface area (Å²) in [4.78, 5) is 12.4. The summed E-state index contributed by atoms with van der Waals surface area (Å²) >= 11 is 1.32. The smallest absolute Gasteiger partial charge is 0.346 e. The molecule has 27 heavy (non-hydrogen) atoms. The Morgan fingerprint density at radius 3 is 2.41 bits per heavy atom. The highest BCUT2D eigenvalue weighted by molar-refractivity contribution is 8.02. The molecule has 2 aromatic carbocycles. The number of carbonyl (C=O) groups excluding carboxylic acids is 1. The highest BCUT2D eigenvalue weighted by Crippen LogP contribution is 2.28. The SMILES string of the molecule is CCOC(=O)C(=C(N)SCc1ccccc1)c1nnc(-c2ccccc2)o1. The molecule has 0 amide bonds. The largest absolute Gasteiger partial charge is 0.462 e. The van der Waals surface area contributed by atoms with Crippen molar-refractivity contribution in [3.05, 3.63) is 77.1 Å². The molecule has 0 aliphatic rings. The van der Waals surface area contributed by atoms with Crippen LogP contribution in [0.4, 0.5) is 0 Å². The van der Waals surface area contributed by atoms with Gasteiger partial charge < -0.3 is 14.9 Å². The van der Waals surface area contributed by atoms with E-state index in [1.54, 1.807) is 6.92 Å². The third-order valence-electron chi connectivity index (χ3n) is 3.62. The molecular weight excluding hydrogens is 362 g/mol. The van der Waals surface area contributed by atoms with E-state index in [4.69, 9.17) is 14.9 Å². The van der Waals surface area contributed by atoms with Gasteiger partial charge in [-0.15, -0.1) is 22.0 Å². The summed E-state index contributed by atoms with van der Waals surface area (Å²) in [5.74, 6) is 0.382. The fourth-order valence-electron chi connectivity index (χ4n) is 2.33. The zero-order valence-electron chi connectivity index (χ0n) is 14.8. The third kappa shape index (κ3) is 4.77. The fraction of sp³-hybridized carbons (Fsp3) is 0.150. The summed E-state index contributed by atoms with van der Waals surface area (Å²) in [6, 6.07) is 19.1. The van der Waals surface area contributed by atoms with Crippen LogP contribution in [-0.4, -0.2) is 22.8 Å². The van der Waals surface area contributed by atoms with Crippen molar-refractivity contribution in [1.82, 2.24) is 10.2 Å². The second-order valence-corrected chi connectivity index (χ2v) is 6.53. The van der Waals surface area contributed by atoms with Crippen molar-refractivity contribution in [3.63, 3.8) is 0 Å². The van der Waals surface area contributed by atoms with Crippen LogP contribution < -0.4 is 5.73 Å². The number of aromatic nitrogens is 2. The lowest BCUT2D eigenvalue weighted by Crippen LogP contribution is -2.12.